The molecule has 0 spiro atoms. The van der Waals surface area contributed by atoms with Crippen molar-refractivity contribution in [1.82, 2.24) is 5.32 Å². The molecule has 0 aliphatic heterocycles. The molecule has 1 unspecified atom stereocenters. The number of amides is 1. The molecule has 0 heterocycles. The second-order valence-corrected chi connectivity index (χ2v) is 3.69. The Hall–Kier alpha value is -1.01. The van der Waals surface area contributed by atoms with Crippen molar-refractivity contribution in [3.8, 4) is 12.3 Å². The summed E-state index contributed by atoms with van der Waals surface area (Å²) in [6.45, 7) is 4.30. The maximum absolute atomic E-state index is 11.5. The topological polar surface area (TPSA) is 55.1 Å². The number of hydrogen-bond acceptors (Lipinski definition) is 2. The lowest BCUT2D eigenvalue weighted by Crippen LogP contribution is -2.51. The fraction of sp³-hybridized carbons (Fsp3) is 0.727. The van der Waals surface area contributed by atoms with Gasteiger partial charge in [-0.05, 0) is 26.2 Å². The average molecular weight is 196 g/mol. The molecule has 0 aliphatic rings. The largest absolute Gasteiger partial charge is 0.355 e. The molecule has 0 aromatic carbocycles. The summed E-state index contributed by atoms with van der Waals surface area (Å²) in [6, 6.07) is 0. The quantitative estimate of drug-likeness (QED) is 0.492. The van der Waals surface area contributed by atoms with Gasteiger partial charge in [0.2, 0.25) is 5.91 Å². The van der Waals surface area contributed by atoms with Gasteiger partial charge in [-0.2, -0.15) is 0 Å². The molecule has 0 rings (SSSR count). The molecule has 0 radical (unpaired) electrons. The Morgan fingerprint density at radius 3 is 2.71 bits per heavy atom. The van der Waals surface area contributed by atoms with Crippen molar-refractivity contribution in [2.75, 3.05) is 6.54 Å². The summed E-state index contributed by atoms with van der Waals surface area (Å²) in [4.78, 5) is 11.5. The van der Waals surface area contributed by atoms with Gasteiger partial charge >= 0.3 is 0 Å². The minimum atomic E-state index is -0.744. The third-order valence-electron chi connectivity index (χ3n) is 2.29. The van der Waals surface area contributed by atoms with Crippen LogP contribution >= 0.6 is 0 Å². The van der Waals surface area contributed by atoms with E-state index in [1.165, 1.54) is 0 Å². The molecule has 0 aromatic heterocycles. The molecule has 0 fully saturated rings. The van der Waals surface area contributed by atoms with Crippen LogP contribution in [0.3, 0.4) is 0 Å². The lowest BCUT2D eigenvalue weighted by molar-refractivity contribution is -0.125. The smallest absolute Gasteiger partial charge is 0.239 e. The molecule has 1 amide bonds. The number of terminal acetylenes is 1. The highest BCUT2D eigenvalue weighted by molar-refractivity contribution is 5.85. The summed E-state index contributed by atoms with van der Waals surface area (Å²) in [5, 5.41) is 2.80. The van der Waals surface area contributed by atoms with Crippen LogP contribution < -0.4 is 11.1 Å². The van der Waals surface area contributed by atoms with Crippen molar-refractivity contribution in [1.29, 1.82) is 0 Å². The van der Waals surface area contributed by atoms with E-state index >= 15 is 0 Å². The number of nitrogens with two attached hydrogens (primary N) is 1. The van der Waals surface area contributed by atoms with Gasteiger partial charge in [-0.25, -0.2) is 0 Å². The summed E-state index contributed by atoms with van der Waals surface area (Å²) < 4.78 is 0. The fourth-order valence-corrected chi connectivity index (χ4v) is 0.916. The number of unbranched alkanes of at least 4 members (excludes halogenated alkanes) is 2. The summed E-state index contributed by atoms with van der Waals surface area (Å²) in [5.41, 5.74) is 5.01. The molecule has 0 saturated carbocycles. The maximum Gasteiger partial charge on any atom is 0.239 e. The highest BCUT2D eigenvalue weighted by Gasteiger charge is 2.24. The Bertz CT molecular complexity index is 216. The van der Waals surface area contributed by atoms with Gasteiger partial charge < -0.3 is 11.1 Å². The van der Waals surface area contributed by atoms with Crippen LogP contribution in [-0.2, 0) is 4.79 Å². The molecular weight excluding hydrogens is 176 g/mol. The SMILES string of the molecule is C#CCCCCNC(=O)C(C)(N)CC. The number of rotatable bonds is 6. The molecule has 0 saturated heterocycles. The first-order valence-corrected chi connectivity index (χ1v) is 5.05. The maximum atomic E-state index is 11.5. The molecule has 0 aromatic rings. The van der Waals surface area contributed by atoms with Crippen molar-refractivity contribution in [2.24, 2.45) is 5.73 Å². The van der Waals surface area contributed by atoms with Crippen molar-refractivity contribution < 1.29 is 4.79 Å². The van der Waals surface area contributed by atoms with Gasteiger partial charge in [0.05, 0.1) is 5.54 Å². The van der Waals surface area contributed by atoms with Gasteiger partial charge in [-0.15, -0.1) is 12.3 Å². The number of hydrogen-bond donors (Lipinski definition) is 2. The Morgan fingerprint density at radius 1 is 1.57 bits per heavy atom. The zero-order valence-electron chi connectivity index (χ0n) is 9.10. The minimum Gasteiger partial charge on any atom is -0.355 e. The van der Waals surface area contributed by atoms with Crippen LogP contribution in [0.15, 0.2) is 0 Å². The van der Waals surface area contributed by atoms with E-state index in [1.807, 2.05) is 6.92 Å². The average Bonchev–Trinajstić information content (AvgIpc) is 2.17. The van der Waals surface area contributed by atoms with Gasteiger partial charge in [-0.1, -0.05) is 6.92 Å². The molecule has 3 N–H and O–H groups in total. The van der Waals surface area contributed by atoms with Crippen LogP contribution in [-0.4, -0.2) is 18.0 Å². The van der Waals surface area contributed by atoms with Crippen LogP contribution in [0.4, 0.5) is 0 Å². The van der Waals surface area contributed by atoms with Gasteiger partial charge in [0.15, 0.2) is 0 Å². The summed E-state index contributed by atoms with van der Waals surface area (Å²) in [6.07, 6.45) is 8.37. The van der Waals surface area contributed by atoms with Gasteiger partial charge in [0.25, 0.3) is 0 Å². The van der Waals surface area contributed by atoms with Crippen LogP contribution in [0, 0.1) is 12.3 Å². The first kappa shape index (κ1) is 13.0. The van der Waals surface area contributed by atoms with Crippen LogP contribution in [0.1, 0.15) is 39.5 Å². The van der Waals surface area contributed by atoms with Crippen LogP contribution in [0.25, 0.3) is 0 Å². The molecule has 0 aliphatic carbocycles. The van der Waals surface area contributed by atoms with E-state index in [1.54, 1.807) is 6.92 Å². The Labute approximate surface area is 86.4 Å². The first-order chi connectivity index (χ1) is 6.54. The van der Waals surface area contributed by atoms with E-state index in [4.69, 9.17) is 12.2 Å². The van der Waals surface area contributed by atoms with Crippen LogP contribution in [0.2, 0.25) is 0 Å². The highest BCUT2D eigenvalue weighted by Crippen LogP contribution is 2.04. The van der Waals surface area contributed by atoms with Crippen LogP contribution in [0.5, 0.6) is 0 Å². The number of carbonyl (C=O) groups excluding carboxylic acids is 1. The molecule has 3 nitrogen and oxygen atoms in total. The Balaban J connectivity index is 3.60. The van der Waals surface area contributed by atoms with E-state index in [-0.39, 0.29) is 5.91 Å². The monoisotopic (exact) mass is 196 g/mol. The van der Waals surface area contributed by atoms with Crippen molar-refractivity contribution in [3.05, 3.63) is 0 Å². The molecule has 80 valence electrons. The number of nitrogens with one attached hydrogen (secondary N) is 1. The standard InChI is InChI=1S/C11H20N2O/c1-4-6-7-8-9-13-10(14)11(3,12)5-2/h1H,5-9,12H2,2-3H3,(H,13,14). The Kier molecular flexibility index (Phi) is 5.98. The fourth-order valence-electron chi connectivity index (χ4n) is 0.916. The third kappa shape index (κ3) is 4.88. The Morgan fingerprint density at radius 2 is 2.21 bits per heavy atom. The summed E-state index contributed by atoms with van der Waals surface area (Å²) in [5.74, 6) is 2.48. The van der Waals surface area contributed by atoms with Gasteiger partial charge in [0.1, 0.15) is 0 Å². The lowest BCUT2D eigenvalue weighted by Gasteiger charge is -2.21. The molecule has 3 heteroatoms. The van der Waals surface area contributed by atoms with Gasteiger partial charge in [-0.3, -0.25) is 4.79 Å². The lowest BCUT2D eigenvalue weighted by atomic mass is 9.99. The van der Waals surface area contributed by atoms with E-state index in [0.29, 0.717) is 13.0 Å². The van der Waals surface area contributed by atoms with Gasteiger partial charge in [0, 0.05) is 13.0 Å². The minimum absolute atomic E-state index is 0.0827. The summed E-state index contributed by atoms with van der Waals surface area (Å²) >= 11 is 0. The van der Waals surface area contributed by atoms with E-state index in [9.17, 15) is 4.79 Å². The molecule has 0 bridgehead atoms. The zero-order valence-corrected chi connectivity index (χ0v) is 9.10. The van der Waals surface area contributed by atoms with Crippen molar-refractivity contribution in [3.63, 3.8) is 0 Å². The molecular formula is C11H20N2O. The molecule has 1 atom stereocenters. The predicted octanol–water partition coefficient (Wildman–Crippen LogP) is 1.03. The normalized spacial score (nSPS) is 14.1. The first-order valence-electron chi connectivity index (χ1n) is 5.05. The molecule has 14 heavy (non-hydrogen) atoms. The van der Waals surface area contributed by atoms with Crippen molar-refractivity contribution >= 4 is 5.91 Å². The second-order valence-electron chi connectivity index (χ2n) is 3.69. The summed E-state index contributed by atoms with van der Waals surface area (Å²) in [7, 11) is 0. The zero-order chi connectivity index (χ0) is 11.0. The number of carbonyl (C=O) groups is 1. The van der Waals surface area contributed by atoms with E-state index < -0.39 is 5.54 Å². The van der Waals surface area contributed by atoms with E-state index in [2.05, 4.69) is 11.2 Å². The highest BCUT2D eigenvalue weighted by atomic mass is 16.2. The predicted molar refractivity (Wildman–Crippen MR) is 58.6 cm³/mol. The third-order valence-corrected chi connectivity index (χ3v) is 2.29. The van der Waals surface area contributed by atoms with Crippen molar-refractivity contribution in [2.45, 2.75) is 45.1 Å². The van der Waals surface area contributed by atoms with E-state index in [0.717, 1.165) is 19.3 Å². The second kappa shape index (κ2) is 6.44.